The zero-order valence-corrected chi connectivity index (χ0v) is 16.5. The molecule has 174 valence electrons. The van der Waals surface area contributed by atoms with Crippen LogP contribution in [0.4, 0.5) is 0 Å². The van der Waals surface area contributed by atoms with E-state index in [0.29, 0.717) is 5.56 Å². The summed E-state index contributed by atoms with van der Waals surface area (Å²) in [6.07, 6.45) is -9.03. The molecule has 12 heteroatoms. The Hall–Kier alpha value is -3.68. The van der Waals surface area contributed by atoms with Crippen molar-refractivity contribution in [3.05, 3.63) is 52.2 Å². The second-order valence-electron chi connectivity index (χ2n) is 7.49. The van der Waals surface area contributed by atoms with Crippen molar-refractivity contribution in [3.63, 3.8) is 0 Å². The third kappa shape index (κ3) is 3.28. The molecule has 0 amide bonds. The molecule has 0 saturated carbocycles. The second-order valence-corrected chi connectivity index (χ2v) is 7.49. The van der Waals surface area contributed by atoms with Crippen LogP contribution in [0.3, 0.4) is 0 Å². The maximum absolute atomic E-state index is 12.6. The number of phenols is 3. The van der Waals surface area contributed by atoms with Gasteiger partial charge in [-0.15, -0.1) is 0 Å². The molecule has 8 N–H and O–H groups in total. The fourth-order valence-corrected chi connectivity index (χ4v) is 3.78. The Kier molecular flexibility index (Phi) is 5.27. The highest BCUT2D eigenvalue weighted by Gasteiger charge is 2.60. The van der Waals surface area contributed by atoms with Crippen LogP contribution in [0, 0.1) is 0 Å². The van der Waals surface area contributed by atoms with Gasteiger partial charge in [-0.25, -0.2) is 4.79 Å². The SMILES string of the molecule is O=C(O)[C@@]1(c2cc3oc(-c4ccc(O)cc4)cc(=O)c3c(O)c2O)O[C@@H](O)[C@H](O)[C@@H](O)[C@@H]1O. The maximum Gasteiger partial charge on any atom is 0.343 e. The van der Waals surface area contributed by atoms with E-state index in [4.69, 9.17) is 9.15 Å². The molecule has 0 aliphatic carbocycles. The van der Waals surface area contributed by atoms with Gasteiger partial charge in [-0.1, -0.05) is 0 Å². The smallest absolute Gasteiger partial charge is 0.343 e. The van der Waals surface area contributed by atoms with Crippen molar-refractivity contribution in [3.8, 4) is 28.6 Å². The minimum atomic E-state index is -3.07. The van der Waals surface area contributed by atoms with Gasteiger partial charge in [-0.05, 0) is 30.3 Å². The Morgan fingerprint density at radius 2 is 1.55 bits per heavy atom. The normalized spacial score (nSPS) is 27.5. The summed E-state index contributed by atoms with van der Waals surface area (Å²) in [5.74, 6) is -4.39. The third-order valence-electron chi connectivity index (χ3n) is 5.52. The van der Waals surface area contributed by atoms with Crippen molar-refractivity contribution >= 4 is 16.9 Å². The first kappa shape index (κ1) is 22.5. The van der Waals surface area contributed by atoms with Gasteiger partial charge in [0, 0.05) is 17.2 Å². The summed E-state index contributed by atoms with van der Waals surface area (Å²) in [5.41, 5.74) is -4.84. The third-order valence-corrected chi connectivity index (χ3v) is 5.52. The molecule has 1 aliphatic heterocycles. The maximum atomic E-state index is 12.6. The number of aromatic hydroxyl groups is 3. The van der Waals surface area contributed by atoms with Crippen LogP contribution in [0.15, 0.2) is 45.6 Å². The van der Waals surface area contributed by atoms with Crippen LogP contribution in [0.5, 0.6) is 17.2 Å². The average molecular weight is 462 g/mol. The number of fused-ring (bicyclic) bond motifs is 1. The molecule has 0 spiro atoms. The van der Waals surface area contributed by atoms with Crippen molar-refractivity contribution < 1.29 is 54.8 Å². The van der Waals surface area contributed by atoms with Gasteiger partial charge in [-0.3, -0.25) is 4.79 Å². The van der Waals surface area contributed by atoms with Crippen molar-refractivity contribution in [2.75, 3.05) is 0 Å². The Morgan fingerprint density at radius 1 is 0.909 bits per heavy atom. The van der Waals surface area contributed by atoms with Gasteiger partial charge in [0.1, 0.15) is 40.8 Å². The number of ether oxygens (including phenoxy) is 1. The molecule has 5 atom stereocenters. The summed E-state index contributed by atoms with van der Waals surface area (Å²) >= 11 is 0. The van der Waals surface area contributed by atoms with Gasteiger partial charge in [0.2, 0.25) is 5.60 Å². The topological polar surface area (TPSA) is 218 Å². The number of phenolic OH excluding ortho intramolecular Hbond substituents is 3. The van der Waals surface area contributed by atoms with E-state index >= 15 is 0 Å². The monoisotopic (exact) mass is 462 g/mol. The first-order valence-electron chi connectivity index (χ1n) is 9.45. The van der Waals surface area contributed by atoms with Crippen molar-refractivity contribution in [1.29, 1.82) is 0 Å². The lowest BCUT2D eigenvalue weighted by atomic mass is 9.80. The number of carbonyl (C=O) groups is 1. The van der Waals surface area contributed by atoms with E-state index < -0.39 is 69.6 Å². The van der Waals surface area contributed by atoms with E-state index in [1.165, 1.54) is 24.3 Å². The Bertz CT molecular complexity index is 1300. The average Bonchev–Trinajstić information content (AvgIpc) is 2.77. The lowest BCUT2D eigenvalue weighted by molar-refractivity contribution is -0.319. The molecular formula is C21H18O12. The quantitative estimate of drug-likeness (QED) is 0.226. The molecule has 3 aromatic rings. The number of hydrogen-bond acceptors (Lipinski definition) is 11. The van der Waals surface area contributed by atoms with E-state index in [2.05, 4.69) is 0 Å². The number of aliphatic carboxylic acids is 1. The van der Waals surface area contributed by atoms with Crippen LogP contribution in [0.25, 0.3) is 22.3 Å². The van der Waals surface area contributed by atoms with E-state index in [1.807, 2.05) is 0 Å². The minimum absolute atomic E-state index is 0.0477. The fourth-order valence-electron chi connectivity index (χ4n) is 3.78. The summed E-state index contributed by atoms with van der Waals surface area (Å²) in [5, 5.41) is 79.9. The standard InChI is InChI=1S/C21H18O12/c22-8-3-1-7(2-4-8)11-6-10(23)13-12(32-11)5-9(14(24)15(13)25)21(20(30)31)18(28)16(26)17(27)19(29)33-21/h1-6,16-19,22,24-29H,(H,30,31)/t16-,17-,18+,19-,21+/m1/s1. The van der Waals surface area contributed by atoms with Crippen molar-refractivity contribution in [1.82, 2.24) is 0 Å². The first-order valence-corrected chi connectivity index (χ1v) is 9.45. The molecule has 4 rings (SSSR count). The van der Waals surface area contributed by atoms with Gasteiger partial charge < -0.3 is 50.0 Å². The van der Waals surface area contributed by atoms with Crippen molar-refractivity contribution in [2.45, 2.75) is 30.2 Å². The number of aliphatic hydroxyl groups is 4. The van der Waals surface area contributed by atoms with E-state index in [1.54, 1.807) is 0 Å². The summed E-state index contributed by atoms with van der Waals surface area (Å²) in [7, 11) is 0. The largest absolute Gasteiger partial charge is 0.508 e. The molecule has 12 nitrogen and oxygen atoms in total. The predicted octanol–water partition coefficient (Wildman–Crippen LogP) is -0.712. The summed E-state index contributed by atoms with van der Waals surface area (Å²) in [6, 6.07) is 7.27. The lowest BCUT2D eigenvalue weighted by Gasteiger charge is -2.44. The number of benzene rings is 2. The van der Waals surface area contributed by atoms with Gasteiger partial charge >= 0.3 is 5.97 Å². The van der Waals surface area contributed by atoms with Gasteiger partial charge in [0.05, 0.1) is 0 Å². The Balaban J connectivity index is 2.01. The zero-order chi connectivity index (χ0) is 24.2. The molecule has 0 radical (unpaired) electrons. The summed E-state index contributed by atoms with van der Waals surface area (Å²) in [4.78, 5) is 24.8. The number of aliphatic hydroxyl groups excluding tert-OH is 4. The molecule has 2 aromatic carbocycles. The summed E-state index contributed by atoms with van der Waals surface area (Å²) in [6.45, 7) is 0. The number of hydrogen-bond donors (Lipinski definition) is 8. The lowest BCUT2D eigenvalue weighted by Crippen LogP contribution is -2.65. The molecule has 2 heterocycles. The van der Waals surface area contributed by atoms with Gasteiger partial charge in [-0.2, -0.15) is 0 Å². The highest BCUT2D eigenvalue weighted by Crippen LogP contribution is 2.47. The number of carboxylic acid groups (broad SMARTS) is 1. The molecule has 1 saturated heterocycles. The minimum Gasteiger partial charge on any atom is -0.508 e. The second kappa shape index (κ2) is 7.72. The molecular weight excluding hydrogens is 444 g/mol. The molecule has 1 fully saturated rings. The highest BCUT2D eigenvalue weighted by atomic mass is 16.7. The first-order chi connectivity index (χ1) is 15.5. The van der Waals surface area contributed by atoms with Gasteiger partial charge in [0.15, 0.2) is 23.2 Å². The zero-order valence-electron chi connectivity index (χ0n) is 16.5. The highest BCUT2D eigenvalue weighted by molar-refractivity contribution is 5.92. The van der Waals surface area contributed by atoms with E-state index in [-0.39, 0.29) is 11.5 Å². The Morgan fingerprint density at radius 3 is 2.15 bits per heavy atom. The van der Waals surface area contributed by atoms with Crippen LogP contribution in [-0.2, 0) is 15.1 Å². The van der Waals surface area contributed by atoms with Crippen LogP contribution in [0.2, 0.25) is 0 Å². The van der Waals surface area contributed by atoms with Crippen LogP contribution in [-0.4, -0.2) is 71.4 Å². The molecule has 1 aliphatic rings. The predicted molar refractivity (Wildman–Crippen MR) is 107 cm³/mol. The molecule has 33 heavy (non-hydrogen) atoms. The van der Waals surface area contributed by atoms with Crippen LogP contribution in [0.1, 0.15) is 5.56 Å². The summed E-state index contributed by atoms with van der Waals surface area (Å²) < 4.78 is 10.6. The van der Waals surface area contributed by atoms with Gasteiger partial charge in [0.25, 0.3) is 0 Å². The van der Waals surface area contributed by atoms with E-state index in [0.717, 1.165) is 12.1 Å². The molecule has 0 unspecified atom stereocenters. The van der Waals surface area contributed by atoms with Crippen LogP contribution < -0.4 is 5.43 Å². The number of carboxylic acids is 1. The van der Waals surface area contributed by atoms with E-state index in [9.17, 15) is 50.4 Å². The fraction of sp³-hybridized carbons (Fsp3) is 0.238. The molecule has 1 aromatic heterocycles. The van der Waals surface area contributed by atoms with Crippen molar-refractivity contribution in [2.24, 2.45) is 0 Å². The Labute approximate surface area is 183 Å². The van der Waals surface area contributed by atoms with Crippen LogP contribution >= 0.6 is 0 Å². The number of rotatable bonds is 3. The molecule has 0 bridgehead atoms.